The van der Waals surface area contributed by atoms with Gasteiger partial charge in [-0.2, -0.15) is 13.2 Å². The summed E-state index contributed by atoms with van der Waals surface area (Å²) in [7, 11) is 0. The number of rotatable bonds is 5. The number of anilines is 1. The average molecular weight is 382 g/mol. The molecule has 4 nitrogen and oxygen atoms in total. The summed E-state index contributed by atoms with van der Waals surface area (Å²) in [5, 5.41) is 3.13. The fourth-order valence-electron chi connectivity index (χ4n) is 3.11. The molecule has 140 valence electrons. The molecule has 0 amide bonds. The molecule has 0 saturated carbocycles. The Morgan fingerprint density at radius 3 is 2.69 bits per heavy atom. The Balaban J connectivity index is 1.59. The summed E-state index contributed by atoms with van der Waals surface area (Å²) in [6.45, 7) is 2.60. The second kappa shape index (κ2) is 8.26. The SMILES string of the molecule is CSc1ccc(CN2CCCC(Nc3cc(C(F)(F)F)ncn3)C2)cc1. The zero-order valence-corrected chi connectivity index (χ0v) is 15.3. The number of hydrogen-bond acceptors (Lipinski definition) is 5. The van der Waals surface area contributed by atoms with Crippen LogP contribution in [-0.2, 0) is 12.7 Å². The number of nitrogens with one attached hydrogen (secondary N) is 1. The Labute approximate surface area is 155 Å². The Morgan fingerprint density at radius 2 is 2.00 bits per heavy atom. The first-order valence-corrected chi connectivity index (χ1v) is 9.67. The number of thioether (sulfide) groups is 1. The van der Waals surface area contributed by atoms with Crippen LogP contribution in [0.1, 0.15) is 24.1 Å². The van der Waals surface area contributed by atoms with E-state index in [9.17, 15) is 13.2 Å². The predicted octanol–water partition coefficient (Wildman–Crippen LogP) is 4.29. The predicted molar refractivity (Wildman–Crippen MR) is 97.2 cm³/mol. The number of nitrogens with zero attached hydrogens (tertiary/aromatic N) is 3. The van der Waals surface area contributed by atoms with Gasteiger partial charge in [0.15, 0.2) is 0 Å². The highest BCUT2D eigenvalue weighted by Crippen LogP contribution is 2.28. The lowest BCUT2D eigenvalue weighted by Gasteiger charge is -2.33. The van der Waals surface area contributed by atoms with Gasteiger partial charge >= 0.3 is 6.18 Å². The summed E-state index contributed by atoms with van der Waals surface area (Å²) in [6.07, 6.45) is 0.457. The normalized spacial score (nSPS) is 18.7. The molecular formula is C18H21F3N4S. The van der Waals surface area contributed by atoms with Crippen LogP contribution in [0.25, 0.3) is 0 Å². The fraction of sp³-hybridized carbons (Fsp3) is 0.444. The van der Waals surface area contributed by atoms with Crippen molar-refractivity contribution in [2.45, 2.75) is 36.5 Å². The van der Waals surface area contributed by atoms with E-state index in [4.69, 9.17) is 0 Å². The van der Waals surface area contributed by atoms with E-state index in [0.29, 0.717) is 0 Å². The van der Waals surface area contributed by atoms with Gasteiger partial charge in [0.2, 0.25) is 0 Å². The Hall–Kier alpha value is -1.80. The van der Waals surface area contributed by atoms with Crippen LogP contribution in [0.15, 0.2) is 41.6 Å². The first-order valence-electron chi connectivity index (χ1n) is 8.45. The standard InChI is InChI=1S/C18H21F3N4S/c1-26-15-6-4-13(5-7-15)10-25-8-2-3-14(11-25)24-17-9-16(18(19,20)21)22-12-23-17/h4-7,9,12,14H,2-3,8,10-11H2,1H3,(H,22,23,24). The van der Waals surface area contributed by atoms with E-state index >= 15 is 0 Å². The number of hydrogen-bond donors (Lipinski definition) is 1. The van der Waals surface area contributed by atoms with Gasteiger partial charge in [0.1, 0.15) is 17.8 Å². The van der Waals surface area contributed by atoms with Gasteiger partial charge in [-0.3, -0.25) is 4.90 Å². The molecule has 0 aliphatic carbocycles. The quantitative estimate of drug-likeness (QED) is 0.781. The third-order valence-electron chi connectivity index (χ3n) is 4.38. The van der Waals surface area contributed by atoms with Gasteiger partial charge in [-0.05, 0) is 43.3 Å². The largest absolute Gasteiger partial charge is 0.433 e. The zero-order valence-electron chi connectivity index (χ0n) is 14.5. The molecule has 0 spiro atoms. The molecule has 1 N–H and O–H groups in total. The smallest absolute Gasteiger partial charge is 0.366 e. The maximum atomic E-state index is 12.8. The summed E-state index contributed by atoms with van der Waals surface area (Å²) in [6, 6.07) is 9.52. The van der Waals surface area contributed by atoms with Crippen molar-refractivity contribution in [3.05, 3.63) is 47.9 Å². The van der Waals surface area contributed by atoms with Crippen LogP contribution in [0.3, 0.4) is 0 Å². The molecule has 0 bridgehead atoms. The lowest BCUT2D eigenvalue weighted by atomic mass is 10.0. The van der Waals surface area contributed by atoms with Crippen molar-refractivity contribution in [2.24, 2.45) is 0 Å². The monoisotopic (exact) mass is 382 g/mol. The molecule has 1 aliphatic rings. The number of piperidine rings is 1. The molecule has 2 aromatic rings. The second-order valence-corrected chi connectivity index (χ2v) is 7.23. The first-order chi connectivity index (χ1) is 12.4. The highest BCUT2D eigenvalue weighted by Gasteiger charge is 2.33. The molecule has 1 fully saturated rings. The molecule has 1 atom stereocenters. The van der Waals surface area contributed by atoms with Gasteiger partial charge < -0.3 is 5.32 Å². The summed E-state index contributed by atoms with van der Waals surface area (Å²) in [5.74, 6) is 0.225. The summed E-state index contributed by atoms with van der Waals surface area (Å²) >= 11 is 1.71. The molecule has 26 heavy (non-hydrogen) atoms. The maximum absolute atomic E-state index is 12.8. The maximum Gasteiger partial charge on any atom is 0.433 e. The van der Waals surface area contributed by atoms with Gasteiger partial charge in [-0.15, -0.1) is 11.8 Å². The van der Waals surface area contributed by atoms with Crippen molar-refractivity contribution < 1.29 is 13.2 Å². The van der Waals surface area contributed by atoms with Crippen LogP contribution in [0.2, 0.25) is 0 Å². The molecule has 1 aliphatic heterocycles. The Kier molecular flexibility index (Phi) is 6.03. The van der Waals surface area contributed by atoms with Crippen LogP contribution >= 0.6 is 11.8 Å². The Morgan fingerprint density at radius 1 is 1.23 bits per heavy atom. The van der Waals surface area contributed by atoms with Crippen molar-refractivity contribution >= 4 is 17.6 Å². The second-order valence-electron chi connectivity index (χ2n) is 6.35. The van der Waals surface area contributed by atoms with E-state index < -0.39 is 11.9 Å². The number of benzene rings is 1. The highest BCUT2D eigenvalue weighted by atomic mass is 32.2. The molecule has 1 aromatic heterocycles. The zero-order chi connectivity index (χ0) is 18.6. The van der Waals surface area contributed by atoms with Crippen LogP contribution < -0.4 is 5.32 Å². The van der Waals surface area contributed by atoms with E-state index in [1.165, 1.54) is 10.5 Å². The molecule has 1 saturated heterocycles. The number of halogens is 3. The van der Waals surface area contributed by atoms with Gasteiger partial charge in [-0.1, -0.05) is 12.1 Å². The van der Waals surface area contributed by atoms with E-state index in [0.717, 1.165) is 44.9 Å². The lowest BCUT2D eigenvalue weighted by Crippen LogP contribution is -2.41. The van der Waals surface area contributed by atoms with E-state index in [1.54, 1.807) is 11.8 Å². The fourth-order valence-corrected chi connectivity index (χ4v) is 3.51. The van der Waals surface area contributed by atoms with Crippen LogP contribution in [-0.4, -0.2) is 40.3 Å². The lowest BCUT2D eigenvalue weighted by molar-refractivity contribution is -0.141. The minimum atomic E-state index is -4.46. The van der Waals surface area contributed by atoms with Crippen molar-refractivity contribution in [2.75, 3.05) is 24.7 Å². The number of aromatic nitrogens is 2. The minimum Gasteiger partial charge on any atom is -0.366 e. The van der Waals surface area contributed by atoms with Gasteiger partial charge in [0, 0.05) is 30.1 Å². The average Bonchev–Trinajstić information content (AvgIpc) is 2.62. The van der Waals surface area contributed by atoms with Gasteiger partial charge in [0.05, 0.1) is 0 Å². The molecule has 1 unspecified atom stereocenters. The topological polar surface area (TPSA) is 41.0 Å². The van der Waals surface area contributed by atoms with Crippen LogP contribution in [0, 0.1) is 0 Å². The molecule has 1 aromatic carbocycles. The van der Waals surface area contributed by atoms with E-state index in [1.807, 2.05) is 6.26 Å². The van der Waals surface area contributed by atoms with E-state index in [2.05, 4.69) is 44.5 Å². The molecule has 3 rings (SSSR count). The third kappa shape index (κ3) is 5.11. The number of likely N-dealkylation sites (tertiary alicyclic amines) is 1. The van der Waals surface area contributed by atoms with Gasteiger partial charge in [0.25, 0.3) is 0 Å². The minimum absolute atomic E-state index is 0.0743. The van der Waals surface area contributed by atoms with Crippen molar-refractivity contribution in [3.63, 3.8) is 0 Å². The highest BCUT2D eigenvalue weighted by molar-refractivity contribution is 7.98. The molecular weight excluding hydrogens is 361 g/mol. The Bertz CT molecular complexity index is 721. The van der Waals surface area contributed by atoms with Crippen molar-refractivity contribution in [1.29, 1.82) is 0 Å². The number of alkyl halides is 3. The molecule has 0 radical (unpaired) electrons. The van der Waals surface area contributed by atoms with Crippen molar-refractivity contribution in [3.8, 4) is 0 Å². The van der Waals surface area contributed by atoms with Crippen molar-refractivity contribution in [1.82, 2.24) is 14.9 Å². The van der Waals surface area contributed by atoms with Gasteiger partial charge in [-0.25, -0.2) is 9.97 Å². The first kappa shape index (κ1) is 19.0. The molecule has 2 heterocycles. The summed E-state index contributed by atoms with van der Waals surface area (Å²) < 4.78 is 38.3. The summed E-state index contributed by atoms with van der Waals surface area (Å²) in [4.78, 5) is 10.8. The van der Waals surface area contributed by atoms with Crippen LogP contribution in [0.5, 0.6) is 0 Å². The summed E-state index contributed by atoms with van der Waals surface area (Å²) in [5.41, 5.74) is 0.321. The van der Waals surface area contributed by atoms with E-state index in [-0.39, 0.29) is 11.9 Å². The molecule has 8 heteroatoms. The third-order valence-corrected chi connectivity index (χ3v) is 5.12. The van der Waals surface area contributed by atoms with Crippen LogP contribution in [0.4, 0.5) is 19.0 Å².